The van der Waals surface area contributed by atoms with E-state index in [1.54, 1.807) is 20.8 Å². The lowest BCUT2D eigenvalue weighted by atomic mass is 10.2. The molecular formula is C12H15Cl2NO3. The minimum Gasteiger partial charge on any atom is -0.495 e. The maximum absolute atomic E-state index is 11.6. The predicted octanol–water partition coefficient (Wildman–Crippen LogP) is 4.35. The third-order valence-corrected chi connectivity index (χ3v) is 2.49. The fourth-order valence-corrected chi connectivity index (χ4v) is 1.70. The van der Waals surface area contributed by atoms with Crippen LogP contribution < -0.4 is 10.1 Å². The number of carbonyl (C=O) groups is 1. The Kier molecular flexibility index (Phi) is 4.71. The van der Waals surface area contributed by atoms with E-state index in [1.807, 2.05) is 0 Å². The molecule has 1 aromatic carbocycles. The minimum absolute atomic E-state index is 0.312. The molecule has 0 aliphatic carbocycles. The van der Waals surface area contributed by atoms with E-state index in [0.29, 0.717) is 21.5 Å². The van der Waals surface area contributed by atoms with E-state index in [-0.39, 0.29) is 0 Å². The molecule has 1 N–H and O–H groups in total. The van der Waals surface area contributed by atoms with Crippen molar-refractivity contribution in [2.75, 3.05) is 12.4 Å². The second kappa shape index (κ2) is 5.67. The summed E-state index contributed by atoms with van der Waals surface area (Å²) in [5.41, 5.74) is -0.195. The first-order valence-electron chi connectivity index (χ1n) is 5.26. The van der Waals surface area contributed by atoms with Crippen molar-refractivity contribution in [3.8, 4) is 5.75 Å². The van der Waals surface area contributed by atoms with Gasteiger partial charge in [0, 0.05) is 6.07 Å². The molecule has 100 valence electrons. The molecule has 0 unspecified atom stereocenters. The monoisotopic (exact) mass is 291 g/mol. The zero-order valence-corrected chi connectivity index (χ0v) is 12.1. The summed E-state index contributed by atoms with van der Waals surface area (Å²) in [5.74, 6) is 0.423. The van der Waals surface area contributed by atoms with Crippen molar-refractivity contribution in [3.05, 3.63) is 22.2 Å². The molecule has 0 aliphatic heterocycles. The van der Waals surface area contributed by atoms with Crippen LogP contribution in [0.2, 0.25) is 10.0 Å². The molecule has 0 bridgehead atoms. The molecule has 0 atom stereocenters. The molecule has 0 spiro atoms. The molecular weight excluding hydrogens is 277 g/mol. The molecule has 0 saturated heterocycles. The van der Waals surface area contributed by atoms with Crippen molar-refractivity contribution in [1.82, 2.24) is 0 Å². The lowest BCUT2D eigenvalue weighted by Gasteiger charge is -2.20. The smallest absolute Gasteiger partial charge is 0.412 e. The maximum Gasteiger partial charge on any atom is 0.412 e. The second-order valence-corrected chi connectivity index (χ2v) is 5.41. The first-order valence-corrected chi connectivity index (χ1v) is 6.01. The number of nitrogens with one attached hydrogen (secondary N) is 1. The fourth-order valence-electron chi connectivity index (χ4n) is 1.19. The van der Waals surface area contributed by atoms with Gasteiger partial charge in [-0.2, -0.15) is 0 Å². The maximum atomic E-state index is 11.6. The van der Waals surface area contributed by atoms with Crippen LogP contribution in [0.4, 0.5) is 10.5 Å². The third-order valence-electron chi connectivity index (χ3n) is 1.88. The Balaban J connectivity index is 2.88. The van der Waals surface area contributed by atoms with Crippen LogP contribution in [-0.4, -0.2) is 18.8 Å². The highest BCUT2D eigenvalue weighted by Gasteiger charge is 2.18. The summed E-state index contributed by atoms with van der Waals surface area (Å²) in [5, 5.41) is 3.22. The summed E-state index contributed by atoms with van der Waals surface area (Å²) in [6.45, 7) is 5.32. The van der Waals surface area contributed by atoms with Crippen LogP contribution in [0.15, 0.2) is 12.1 Å². The van der Waals surface area contributed by atoms with Gasteiger partial charge in [-0.05, 0) is 26.8 Å². The molecule has 0 radical (unpaired) electrons. The molecule has 0 fully saturated rings. The number of halogens is 2. The highest BCUT2D eigenvalue weighted by molar-refractivity contribution is 6.37. The van der Waals surface area contributed by atoms with Gasteiger partial charge in [-0.1, -0.05) is 23.2 Å². The Morgan fingerprint density at radius 1 is 1.22 bits per heavy atom. The van der Waals surface area contributed by atoms with E-state index < -0.39 is 11.7 Å². The SMILES string of the molecule is COc1cc(NC(=O)OC(C)(C)C)c(Cl)cc1Cl. The number of amides is 1. The highest BCUT2D eigenvalue weighted by Crippen LogP contribution is 2.34. The minimum atomic E-state index is -0.589. The molecule has 0 heterocycles. The summed E-state index contributed by atoms with van der Waals surface area (Å²) < 4.78 is 10.2. The van der Waals surface area contributed by atoms with E-state index in [1.165, 1.54) is 19.2 Å². The molecule has 1 amide bonds. The van der Waals surface area contributed by atoms with Crippen LogP contribution in [0.3, 0.4) is 0 Å². The summed E-state index contributed by atoms with van der Waals surface area (Å²) in [4.78, 5) is 11.6. The van der Waals surface area contributed by atoms with Gasteiger partial charge < -0.3 is 9.47 Å². The molecule has 1 rings (SSSR count). The summed E-state index contributed by atoms with van der Waals surface area (Å²) in [7, 11) is 1.48. The number of hydrogen-bond donors (Lipinski definition) is 1. The molecule has 0 saturated carbocycles. The van der Waals surface area contributed by atoms with Crippen molar-refractivity contribution >= 4 is 35.0 Å². The molecule has 18 heavy (non-hydrogen) atoms. The number of rotatable bonds is 2. The van der Waals surface area contributed by atoms with Gasteiger partial charge in [-0.15, -0.1) is 0 Å². The van der Waals surface area contributed by atoms with Crippen LogP contribution in [0.5, 0.6) is 5.75 Å². The molecule has 4 nitrogen and oxygen atoms in total. The fraction of sp³-hybridized carbons (Fsp3) is 0.417. The number of hydrogen-bond acceptors (Lipinski definition) is 3. The number of anilines is 1. The Bertz CT molecular complexity index is 455. The van der Waals surface area contributed by atoms with Crippen molar-refractivity contribution in [3.63, 3.8) is 0 Å². The van der Waals surface area contributed by atoms with E-state index in [2.05, 4.69) is 5.32 Å². The van der Waals surface area contributed by atoms with Gasteiger partial charge in [0.1, 0.15) is 11.4 Å². The Morgan fingerprint density at radius 2 is 1.83 bits per heavy atom. The highest BCUT2D eigenvalue weighted by atomic mass is 35.5. The lowest BCUT2D eigenvalue weighted by molar-refractivity contribution is 0.0636. The summed E-state index contributed by atoms with van der Waals surface area (Å²) in [6, 6.07) is 3.03. The lowest BCUT2D eigenvalue weighted by Crippen LogP contribution is -2.27. The summed E-state index contributed by atoms with van der Waals surface area (Å²) >= 11 is 11.9. The molecule has 1 aromatic rings. The van der Waals surface area contributed by atoms with Crippen molar-refractivity contribution < 1.29 is 14.3 Å². The van der Waals surface area contributed by atoms with E-state index in [4.69, 9.17) is 32.7 Å². The van der Waals surface area contributed by atoms with E-state index >= 15 is 0 Å². The number of carbonyl (C=O) groups excluding carboxylic acids is 1. The van der Waals surface area contributed by atoms with Crippen LogP contribution >= 0.6 is 23.2 Å². The van der Waals surface area contributed by atoms with Crippen molar-refractivity contribution in [2.24, 2.45) is 0 Å². The van der Waals surface area contributed by atoms with Crippen LogP contribution in [-0.2, 0) is 4.74 Å². The third kappa shape index (κ3) is 4.27. The van der Waals surface area contributed by atoms with Crippen molar-refractivity contribution in [2.45, 2.75) is 26.4 Å². The standard InChI is InChI=1S/C12H15Cl2NO3/c1-12(2,3)18-11(16)15-9-6-10(17-4)8(14)5-7(9)13/h5-6H,1-4H3,(H,15,16). The average Bonchev–Trinajstić information content (AvgIpc) is 2.19. The first kappa shape index (κ1) is 14.9. The van der Waals surface area contributed by atoms with Crippen molar-refractivity contribution in [1.29, 1.82) is 0 Å². The topological polar surface area (TPSA) is 47.6 Å². The summed E-state index contributed by atoms with van der Waals surface area (Å²) in [6.07, 6.45) is -0.589. The Hall–Kier alpha value is -1.13. The van der Waals surface area contributed by atoms with Gasteiger partial charge in [0.15, 0.2) is 0 Å². The van der Waals surface area contributed by atoms with Gasteiger partial charge in [0.25, 0.3) is 0 Å². The zero-order valence-electron chi connectivity index (χ0n) is 10.6. The normalized spacial score (nSPS) is 11.0. The number of benzene rings is 1. The Morgan fingerprint density at radius 3 is 2.33 bits per heavy atom. The van der Waals surface area contributed by atoms with Crippen LogP contribution in [0, 0.1) is 0 Å². The number of methoxy groups -OCH3 is 1. The molecule has 6 heteroatoms. The largest absolute Gasteiger partial charge is 0.495 e. The van der Waals surface area contributed by atoms with Crippen LogP contribution in [0.25, 0.3) is 0 Å². The van der Waals surface area contributed by atoms with Gasteiger partial charge in [0.2, 0.25) is 0 Å². The predicted molar refractivity (Wildman–Crippen MR) is 72.9 cm³/mol. The molecule has 0 aliphatic rings. The van der Waals surface area contributed by atoms with Gasteiger partial charge in [-0.25, -0.2) is 4.79 Å². The van der Waals surface area contributed by atoms with Gasteiger partial charge >= 0.3 is 6.09 Å². The van der Waals surface area contributed by atoms with Crippen LogP contribution in [0.1, 0.15) is 20.8 Å². The first-order chi connectivity index (χ1) is 8.23. The van der Waals surface area contributed by atoms with Gasteiger partial charge in [0.05, 0.1) is 22.8 Å². The number of ether oxygens (including phenoxy) is 2. The zero-order chi connectivity index (χ0) is 13.9. The van der Waals surface area contributed by atoms with E-state index in [9.17, 15) is 4.79 Å². The second-order valence-electron chi connectivity index (χ2n) is 4.59. The van der Waals surface area contributed by atoms with E-state index in [0.717, 1.165) is 0 Å². The Labute approximate surface area is 116 Å². The quantitative estimate of drug-likeness (QED) is 0.881. The molecule has 0 aromatic heterocycles. The van der Waals surface area contributed by atoms with Gasteiger partial charge in [-0.3, -0.25) is 5.32 Å². The average molecular weight is 292 g/mol.